The van der Waals surface area contributed by atoms with Gasteiger partial charge in [-0.1, -0.05) is 0 Å². The lowest BCUT2D eigenvalue weighted by atomic mass is 9.79. The molecule has 0 N–H and O–H groups in total. The predicted octanol–water partition coefficient (Wildman–Crippen LogP) is 6.28. The van der Waals surface area contributed by atoms with Crippen LogP contribution in [0.5, 0.6) is 5.75 Å². The molecule has 228 valence electrons. The van der Waals surface area contributed by atoms with E-state index >= 15 is 0 Å². The number of aromatic nitrogens is 4. The summed E-state index contributed by atoms with van der Waals surface area (Å²) in [6.07, 6.45) is 15.1. The third-order valence-corrected chi connectivity index (χ3v) is 9.74. The van der Waals surface area contributed by atoms with Crippen LogP contribution >= 0.6 is 0 Å². The number of amides is 1. The van der Waals surface area contributed by atoms with Gasteiger partial charge in [-0.15, -0.1) is 0 Å². The van der Waals surface area contributed by atoms with E-state index in [0.29, 0.717) is 55.9 Å². The quantitative estimate of drug-likeness (QED) is 0.273. The van der Waals surface area contributed by atoms with E-state index in [1.54, 1.807) is 7.11 Å². The number of ether oxygens (including phenoxy) is 2. The number of anilines is 1. The van der Waals surface area contributed by atoms with E-state index in [4.69, 9.17) is 19.4 Å². The van der Waals surface area contributed by atoms with E-state index in [0.717, 1.165) is 53.9 Å². The monoisotopic (exact) mass is 585 g/mol. The van der Waals surface area contributed by atoms with E-state index in [9.17, 15) is 9.59 Å². The summed E-state index contributed by atoms with van der Waals surface area (Å²) in [6.45, 7) is 2.64. The Morgan fingerprint density at radius 2 is 1.67 bits per heavy atom. The molecule has 0 aliphatic heterocycles. The second-order valence-corrected chi connectivity index (χ2v) is 12.6. The van der Waals surface area contributed by atoms with Crippen molar-refractivity contribution in [3.63, 3.8) is 0 Å². The number of carbonyl (C=O) groups excluding carboxylic acids is 2. The van der Waals surface area contributed by atoms with Gasteiger partial charge in [-0.2, -0.15) is 5.10 Å². The van der Waals surface area contributed by atoms with Crippen LogP contribution in [0.4, 0.5) is 5.82 Å². The van der Waals surface area contributed by atoms with Gasteiger partial charge in [-0.25, -0.2) is 4.98 Å². The summed E-state index contributed by atoms with van der Waals surface area (Å²) in [5.41, 5.74) is 4.13. The Morgan fingerprint density at radius 1 is 0.930 bits per heavy atom. The molecule has 9 nitrogen and oxygen atoms in total. The summed E-state index contributed by atoms with van der Waals surface area (Å²) in [5, 5.41) is 4.57. The topological polar surface area (TPSA) is 99.4 Å². The highest BCUT2D eigenvalue weighted by molar-refractivity contribution is 5.95. The lowest BCUT2D eigenvalue weighted by Crippen LogP contribution is -2.42. The summed E-state index contributed by atoms with van der Waals surface area (Å²) in [5.74, 6) is 2.05. The number of rotatable bonds is 9. The Labute approximate surface area is 254 Å². The standard InChI is InChI=1S/C34H43N5O4/c1-22-31(42-2)15-14-30(37-22)24-6-4-23(5-7-24)20-38(33(40)25-8-10-26(11-9-25)34(41)43-3)32-18-27(16-17-35-32)28-19-36-39(21-28)29-12-13-29/h14-19,21,23-26,29H,4-13,20H2,1-3H3. The number of aryl methyl sites for hydroxylation is 1. The molecule has 9 heteroatoms. The van der Waals surface area contributed by atoms with Crippen LogP contribution in [0, 0.1) is 24.7 Å². The molecular weight excluding hydrogens is 542 g/mol. The minimum Gasteiger partial charge on any atom is -0.495 e. The van der Waals surface area contributed by atoms with Gasteiger partial charge in [0.05, 0.1) is 38.1 Å². The fraction of sp³-hybridized carbons (Fsp3) is 0.559. The van der Waals surface area contributed by atoms with Crippen molar-refractivity contribution in [3.05, 3.63) is 54.2 Å². The average Bonchev–Trinajstić information content (AvgIpc) is 3.79. The van der Waals surface area contributed by atoms with E-state index in [2.05, 4.69) is 22.0 Å². The van der Waals surface area contributed by atoms with Crippen molar-refractivity contribution >= 4 is 17.7 Å². The molecule has 0 unspecified atom stereocenters. The van der Waals surface area contributed by atoms with Crippen molar-refractivity contribution in [2.45, 2.75) is 83.1 Å². The maximum Gasteiger partial charge on any atom is 0.308 e. The van der Waals surface area contributed by atoms with Gasteiger partial charge in [0, 0.05) is 42.0 Å². The predicted molar refractivity (Wildman–Crippen MR) is 164 cm³/mol. The van der Waals surface area contributed by atoms with Crippen molar-refractivity contribution in [1.29, 1.82) is 0 Å². The number of esters is 1. The Kier molecular flexibility index (Phi) is 8.77. The Balaban J connectivity index is 1.19. The molecule has 3 fully saturated rings. The van der Waals surface area contributed by atoms with Gasteiger partial charge in [0.1, 0.15) is 11.6 Å². The molecule has 3 saturated carbocycles. The van der Waals surface area contributed by atoms with Crippen LogP contribution in [0.3, 0.4) is 0 Å². The van der Waals surface area contributed by atoms with Crippen molar-refractivity contribution < 1.29 is 19.1 Å². The molecule has 3 aromatic heterocycles. The van der Waals surface area contributed by atoms with Gasteiger partial charge >= 0.3 is 5.97 Å². The maximum atomic E-state index is 14.2. The normalized spacial score (nSPS) is 23.9. The zero-order chi connectivity index (χ0) is 29.9. The lowest BCUT2D eigenvalue weighted by molar-refractivity contribution is -0.147. The van der Waals surface area contributed by atoms with Crippen LogP contribution in [0.15, 0.2) is 42.9 Å². The number of methoxy groups -OCH3 is 2. The molecule has 3 heterocycles. The highest BCUT2D eigenvalue weighted by Gasteiger charge is 2.35. The van der Waals surface area contributed by atoms with E-state index in [-0.39, 0.29) is 23.7 Å². The van der Waals surface area contributed by atoms with Crippen molar-refractivity contribution in [2.75, 3.05) is 25.7 Å². The van der Waals surface area contributed by atoms with Gasteiger partial charge in [0.2, 0.25) is 5.91 Å². The summed E-state index contributed by atoms with van der Waals surface area (Å²) in [4.78, 5) is 37.8. The maximum absolute atomic E-state index is 14.2. The molecule has 3 aliphatic rings. The third-order valence-electron chi connectivity index (χ3n) is 9.74. The number of pyridine rings is 2. The molecule has 3 aliphatic carbocycles. The SMILES string of the molecule is COC(=O)C1CCC(C(=O)N(CC2CCC(c3ccc(OC)c(C)n3)CC2)c2cc(-c3cnn(C4CC4)c3)ccn2)CC1. The minimum atomic E-state index is -0.165. The van der Waals surface area contributed by atoms with Crippen LogP contribution in [0.25, 0.3) is 11.1 Å². The molecule has 6 rings (SSSR count). The van der Waals surface area contributed by atoms with E-state index in [1.165, 1.54) is 20.0 Å². The van der Waals surface area contributed by atoms with E-state index < -0.39 is 0 Å². The molecule has 0 atom stereocenters. The zero-order valence-electron chi connectivity index (χ0n) is 25.6. The molecule has 0 radical (unpaired) electrons. The molecule has 0 aromatic carbocycles. The van der Waals surface area contributed by atoms with Gasteiger partial charge in [-0.05, 0) is 107 Å². The molecule has 1 amide bonds. The van der Waals surface area contributed by atoms with Crippen molar-refractivity contribution in [3.8, 4) is 16.9 Å². The number of hydrogen-bond acceptors (Lipinski definition) is 7. The highest BCUT2D eigenvalue weighted by Crippen LogP contribution is 2.39. The van der Waals surface area contributed by atoms with Crippen LogP contribution < -0.4 is 9.64 Å². The van der Waals surface area contributed by atoms with Gasteiger partial charge in [-0.3, -0.25) is 24.2 Å². The smallest absolute Gasteiger partial charge is 0.308 e. The van der Waals surface area contributed by atoms with Crippen molar-refractivity contribution in [1.82, 2.24) is 19.7 Å². The number of nitrogens with zero attached hydrogens (tertiary/aromatic N) is 5. The molecule has 0 spiro atoms. The van der Waals surface area contributed by atoms with Gasteiger partial charge < -0.3 is 9.47 Å². The summed E-state index contributed by atoms with van der Waals surface area (Å²) >= 11 is 0. The molecular formula is C34H43N5O4. The highest BCUT2D eigenvalue weighted by atomic mass is 16.5. The Bertz CT molecular complexity index is 1430. The van der Waals surface area contributed by atoms with Gasteiger partial charge in [0.25, 0.3) is 0 Å². The van der Waals surface area contributed by atoms with Crippen LogP contribution in [-0.2, 0) is 14.3 Å². The summed E-state index contributed by atoms with van der Waals surface area (Å²) < 4.78 is 12.4. The molecule has 3 aromatic rings. The molecule has 0 bridgehead atoms. The Morgan fingerprint density at radius 3 is 2.35 bits per heavy atom. The number of hydrogen-bond donors (Lipinski definition) is 0. The Hall–Kier alpha value is -3.75. The first-order chi connectivity index (χ1) is 20.9. The second kappa shape index (κ2) is 12.9. The summed E-state index contributed by atoms with van der Waals surface area (Å²) in [6, 6.07) is 8.67. The number of carbonyl (C=O) groups is 2. The molecule has 0 saturated heterocycles. The lowest BCUT2D eigenvalue weighted by Gasteiger charge is -2.35. The molecule has 43 heavy (non-hydrogen) atoms. The largest absolute Gasteiger partial charge is 0.495 e. The minimum absolute atomic E-state index is 0.113. The summed E-state index contributed by atoms with van der Waals surface area (Å²) in [7, 11) is 3.12. The van der Waals surface area contributed by atoms with Crippen LogP contribution in [-0.4, -0.2) is 52.4 Å². The van der Waals surface area contributed by atoms with Crippen LogP contribution in [0.1, 0.15) is 87.6 Å². The first kappa shape index (κ1) is 29.3. The zero-order valence-corrected chi connectivity index (χ0v) is 25.6. The fourth-order valence-electron chi connectivity index (χ4n) is 6.94. The second-order valence-electron chi connectivity index (χ2n) is 12.6. The first-order valence-corrected chi connectivity index (χ1v) is 15.8. The first-order valence-electron chi connectivity index (χ1n) is 15.8. The van der Waals surface area contributed by atoms with E-state index in [1.807, 2.05) is 42.4 Å². The fourth-order valence-corrected chi connectivity index (χ4v) is 6.94. The van der Waals surface area contributed by atoms with Gasteiger partial charge in [0.15, 0.2) is 0 Å². The van der Waals surface area contributed by atoms with Crippen molar-refractivity contribution in [2.24, 2.45) is 17.8 Å². The third kappa shape index (κ3) is 6.60. The average molecular weight is 586 g/mol. The van der Waals surface area contributed by atoms with Crippen LogP contribution in [0.2, 0.25) is 0 Å².